The molecule has 1 N–H and O–H groups in total. The van der Waals surface area contributed by atoms with E-state index in [4.69, 9.17) is 0 Å². The molecule has 0 bridgehead atoms. The topological polar surface area (TPSA) is 55.2 Å². The van der Waals surface area contributed by atoms with Crippen molar-refractivity contribution >= 4 is 11.4 Å². The van der Waals surface area contributed by atoms with E-state index < -0.39 is 0 Å². The largest absolute Gasteiger partial charge is 0.385 e. The Morgan fingerprint density at radius 1 is 1.25 bits per heavy atom. The lowest BCUT2D eigenvalue weighted by atomic mass is 9.98. The highest BCUT2D eigenvalue weighted by Crippen LogP contribution is 2.17. The third-order valence-electron chi connectivity index (χ3n) is 2.84. The quantitative estimate of drug-likeness (QED) is 0.614. The van der Waals surface area contributed by atoms with Crippen LogP contribution in [-0.2, 0) is 0 Å². The fraction of sp³-hybridized carbons (Fsp3) is 0.500. The lowest BCUT2D eigenvalue weighted by molar-refractivity contribution is -0.384. The number of nitro groups is 1. The molecule has 4 heteroatoms. The maximum atomic E-state index is 10.5. The molecule has 0 amide bonds. The Hall–Kier alpha value is -1.58. The van der Waals surface area contributed by atoms with Crippen molar-refractivity contribution in [1.29, 1.82) is 0 Å². The fourth-order valence-electron chi connectivity index (χ4n) is 1.22. The molecule has 0 saturated carbocycles. The minimum absolute atomic E-state index is 0.127. The molecule has 1 atom stereocenters. The van der Waals surface area contributed by atoms with Crippen LogP contribution >= 0.6 is 0 Å². The van der Waals surface area contributed by atoms with Crippen LogP contribution in [0.3, 0.4) is 0 Å². The predicted molar refractivity (Wildman–Crippen MR) is 65.6 cm³/mol. The van der Waals surface area contributed by atoms with E-state index in [2.05, 4.69) is 26.1 Å². The van der Waals surface area contributed by atoms with Crippen molar-refractivity contribution in [3.05, 3.63) is 34.4 Å². The SMILES string of the molecule is CC(C)C(C)CNc1ccc([N+](=O)[O-])cc1. The first-order chi connectivity index (χ1) is 7.50. The molecule has 0 fully saturated rings. The Bertz CT molecular complexity index is 347. The van der Waals surface area contributed by atoms with Gasteiger partial charge < -0.3 is 5.32 Å². The normalized spacial score (nSPS) is 12.5. The van der Waals surface area contributed by atoms with Crippen LogP contribution in [0, 0.1) is 22.0 Å². The van der Waals surface area contributed by atoms with Gasteiger partial charge in [-0.2, -0.15) is 0 Å². The third kappa shape index (κ3) is 3.53. The first kappa shape index (κ1) is 12.5. The van der Waals surface area contributed by atoms with Gasteiger partial charge in [0.2, 0.25) is 0 Å². The fourth-order valence-corrected chi connectivity index (χ4v) is 1.22. The number of nitrogens with one attached hydrogen (secondary N) is 1. The van der Waals surface area contributed by atoms with Crippen LogP contribution < -0.4 is 5.32 Å². The van der Waals surface area contributed by atoms with Crippen LogP contribution in [0.5, 0.6) is 0 Å². The van der Waals surface area contributed by atoms with Gasteiger partial charge in [0, 0.05) is 24.4 Å². The molecule has 4 nitrogen and oxygen atoms in total. The second kappa shape index (κ2) is 5.49. The van der Waals surface area contributed by atoms with Crippen LogP contribution in [-0.4, -0.2) is 11.5 Å². The number of hydrogen-bond acceptors (Lipinski definition) is 3. The minimum Gasteiger partial charge on any atom is -0.385 e. The molecule has 0 aliphatic heterocycles. The molecule has 1 aromatic carbocycles. The standard InChI is InChI=1S/C12H18N2O2/c1-9(2)10(3)8-13-11-4-6-12(7-5-11)14(15)16/h4-7,9-10,13H,8H2,1-3H3. The molecule has 0 radical (unpaired) electrons. The van der Waals surface area contributed by atoms with Gasteiger partial charge in [0.25, 0.3) is 5.69 Å². The first-order valence-electron chi connectivity index (χ1n) is 5.49. The maximum Gasteiger partial charge on any atom is 0.269 e. The summed E-state index contributed by atoms with van der Waals surface area (Å²) in [5, 5.41) is 13.7. The number of nitro benzene ring substituents is 1. The van der Waals surface area contributed by atoms with Crippen molar-refractivity contribution in [2.45, 2.75) is 20.8 Å². The van der Waals surface area contributed by atoms with Gasteiger partial charge in [-0.3, -0.25) is 10.1 Å². The van der Waals surface area contributed by atoms with Gasteiger partial charge in [-0.05, 0) is 24.0 Å². The highest BCUT2D eigenvalue weighted by Gasteiger charge is 2.07. The maximum absolute atomic E-state index is 10.5. The van der Waals surface area contributed by atoms with E-state index >= 15 is 0 Å². The molecule has 0 saturated heterocycles. The Morgan fingerprint density at radius 3 is 2.25 bits per heavy atom. The summed E-state index contributed by atoms with van der Waals surface area (Å²) in [7, 11) is 0. The smallest absolute Gasteiger partial charge is 0.269 e. The van der Waals surface area contributed by atoms with Crippen molar-refractivity contribution in [2.24, 2.45) is 11.8 Å². The predicted octanol–water partition coefficient (Wildman–Crippen LogP) is 3.30. The van der Waals surface area contributed by atoms with Crippen molar-refractivity contribution in [1.82, 2.24) is 0 Å². The van der Waals surface area contributed by atoms with E-state index in [0.717, 1.165) is 12.2 Å². The Balaban J connectivity index is 2.53. The zero-order valence-corrected chi connectivity index (χ0v) is 9.93. The molecule has 0 aromatic heterocycles. The van der Waals surface area contributed by atoms with E-state index in [1.807, 2.05) is 0 Å². The Labute approximate surface area is 95.8 Å². The van der Waals surface area contributed by atoms with Gasteiger partial charge in [-0.25, -0.2) is 0 Å². The van der Waals surface area contributed by atoms with Crippen LogP contribution in [0.15, 0.2) is 24.3 Å². The lowest BCUT2D eigenvalue weighted by Gasteiger charge is -2.16. The average Bonchev–Trinajstić information content (AvgIpc) is 2.26. The number of hydrogen-bond donors (Lipinski definition) is 1. The van der Waals surface area contributed by atoms with Crippen molar-refractivity contribution in [3.8, 4) is 0 Å². The highest BCUT2D eigenvalue weighted by atomic mass is 16.6. The van der Waals surface area contributed by atoms with E-state index in [9.17, 15) is 10.1 Å². The number of benzene rings is 1. The summed E-state index contributed by atoms with van der Waals surface area (Å²) < 4.78 is 0. The molecule has 1 aromatic rings. The van der Waals surface area contributed by atoms with Gasteiger partial charge in [0.05, 0.1) is 4.92 Å². The molecule has 88 valence electrons. The van der Waals surface area contributed by atoms with Crippen LogP contribution in [0.1, 0.15) is 20.8 Å². The molecule has 0 heterocycles. The Kier molecular flexibility index (Phi) is 4.28. The van der Waals surface area contributed by atoms with E-state index in [1.165, 1.54) is 12.1 Å². The van der Waals surface area contributed by atoms with Crippen LogP contribution in [0.25, 0.3) is 0 Å². The number of rotatable bonds is 5. The molecular formula is C12H18N2O2. The van der Waals surface area contributed by atoms with Gasteiger partial charge >= 0.3 is 0 Å². The van der Waals surface area contributed by atoms with Gasteiger partial charge in [0.1, 0.15) is 0 Å². The van der Waals surface area contributed by atoms with Crippen molar-refractivity contribution < 1.29 is 4.92 Å². The summed E-state index contributed by atoms with van der Waals surface area (Å²) in [6, 6.07) is 6.51. The summed E-state index contributed by atoms with van der Waals surface area (Å²) in [6.45, 7) is 7.43. The second-order valence-electron chi connectivity index (χ2n) is 4.41. The monoisotopic (exact) mass is 222 g/mol. The summed E-state index contributed by atoms with van der Waals surface area (Å²) in [5.41, 5.74) is 1.06. The molecule has 0 spiro atoms. The lowest BCUT2D eigenvalue weighted by Crippen LogP contribution is -2.16. The van der Waals surface area contributed by atoms with E-state index in [0.29, 0.717) is 11.8 Å². The van der Waals surface area contributed by atoms with Crippen molar-refractivity contribution in [2.75, 3.05) is 11.9 Å². The van der Waals surface area contributed by atoms with Gasteiger partial charge in [0.15, 0.2) is 0 Å². The second-order valence-corrected chi connectivity index (χ2v) is 4.41. The van der Waals surface area contributed by atoms with Crippen LogP contribution in [0.2, 0.25) is 0 Å². The molecule has 0 aliphatic carbocycles. The van der Waals surface area contributed by atoms with Crippen molar-refractivity contribution in [3.63, 3.8) is 0 Å². The molecule has 1 rings (SSSR count). The zero-order chi connectivity index (χ0) is 12.1. The molecule has 1 unspecified atom stereocenters. The van der Waals surface area contributed by atoms with E-state index in [1.54, 1.807) is 12.1 Å². The summed E-state index contributed by atoms with van der Waals surface area (Å²) in [6.07, 6.45) is 0. The van der Waals surface area contributed by atoms with Crippen LogP contribution in [0.4, 0.5) is 11.4 Å². The Morgan fingerprint density at radius 2 is 1.81 bits per heavy atom. The minimum atomic E-state index is -0.388. The summed E-state index contributed by atoms with van der Waals surface area (Å²) in [5.74, 6) is 1.21. The number of nitrogens with zero attached hydrogens (tertiary/aromatic N) is 1. The number of non-ortho nitro benzene ring substituents is 1. The highest BCUT2D eigenvalue weighted by molar-refractivity contribution is 5.48. The van der Waals surface area contributed by atoms with Gasteiger partial charge in [-0.15, -0.1) is 0 Å². The summed E-state index contributed by atoms with van der Waals surface area (Å²) in [4.78, 5) is 10.1. The third-order valence-corrected chi connectivity index (χ3v) is 2.84. The van der Waals surface area contributed by atoms with Gasteiger partial charge in [-0.1, -0.05) is 20.8 Å². The summed E-state index contributed by atoms with van der Waals surface area (Å²) >= 11 is 0. The number of anilines is 1. The zero-order valence-electron chi connectivity index (χ0n) is 9.93. The molecule has 16 heavy (non-hydrogen) atoms. The first-order valence-corrected chi connectivity index (χ1v) is 5.49. The molecular weight excluding hydrogens is 204 g/mol. The molecule has 0 aliphatic rings. The van der Waals surface area contributed by atoms with E-state index in [-0.39, 0.29) is 10.6 Å². The average molecular weight is 222 g/mol.